The summed E-state index contributed by atoms with van der Waals surface area (Å²) in [7, 11) is -1.45. The minimum absolute atomic E-state index is 0.240. The van der Waals surface area contributed by atoms with E-state index < -0.39 is 13.5 Å². The van der Waals surface area contributed by atoms with Crippen LogP contribution in [0.4, 0.5) is 0 Å². The molecule has 11 rings (SSSR count). The maximum atomic E-state index is 5.14. The Balaban J connectivity index is 0.963. The van der Waals surface area contributed by atoms with Crippen molar-refractivity contribution >= 4 is 13.3 Å². The number of hydrogen-bond acceptors (Lipinski definition) is 3. The van der Waals surface area contributed by atoms with E-state index >= 15 is 0 Å². The molecule has 0 bridgehead atoms. The van der Waals surface area contributed by atoms with Crippen molar-refractivity contribution in [1.29, 1.82) is 0 Å². The highest BCUT2D eigenvalue weighted by Crippen LogP contribution is 2.56. The van der Waals surface area contributed by atoms with Crippen LogP contribution in [-0.4, -0.2) is 23.0 Å². The van der Waals surface area contributed by atoms with Crippen LogP contribution in [0.5, 0.6) is 0 Å². The van der Waals surface area contributed by atoms with Crippen LogP contribution in [0.3, 0.4) is 0 Å². The smallest absolute Gasteiger partial charge is 0.164 e. The third-order valence-electron chi connectivity index (χ3n) is 13.4. The average Bonchev–Trinajstić information content (AvgIpc) is 3.74. The molecule has 0 radical (unpaired) electrons. The third kappa shape index (κ3) is 5.96. The van der Waals surface area contributed by atoms with Gasteiger partial charge in [-0.15, -0.1) is 0 Å². The van der Waals surface area contributed by atoms with Crippen molar-refractivity contribution in [2.75, 3.05) is 0 Å². The predicted molar refractivity (Wildman–Crippen MR) is 259 cm³/mol. The molecule has 0 atom stereocenters. The number of rotatable bonds is 7. The van der Waals surface area contributed by atoms with Crippen LogP contribution in [0.15, 0.2) is 194 Å². The molecule has 0 saturated heterocycles. The first-order valence-corrected chi connectivity index (χ1v) is 25.2. The summed E-state index contributed by atoms with van der Waals surface area (Å²) in [6.45, 7) is 11.8. The van der Waals surface area contributed by atoms with Crippen molar-refractivity contribution in [3.05, 3.63) is 228 Å². The number of hydrogen-bond donors (Lipinski definition) is 0. The molecule has 0 unspecified atom stereocenters. The van der Waals surface area contributed by atoms with Crippen LogP contribution < -0.4 is 5.19 Å². The zero-order valence-corrected chi connectivity index (χ0v) is 36.8. The fourth-order valence-electron chi connectivity index (χ4n) is 10.2. The maximum absolute atomic E-state index is 5.14. The van der Waals surface area contributed by atoms with E-state index in [1.165, 1.54) is 71.9 Å². The molecule has 62 heavy (non-hydrogen) atoms. The summed E-state index contributed by atoms with van der Waals surface area (Å²) >= 11 is 0. The summed E-state index contributed by atoms with van der Waals surface area (Å²) in [5.74, 6) is 2.04. The molecule has 4 heteroatoms. The summed E-state index contributed by atoms with van der Waals surface area (Å²) in [5, 5.41) is 1.41. The van der Waals surface area contributed by atoms with Crippen molar-refractivity contribution in [3.63, 3.8) is 0 Å². The minimum Gasteiger partial charge on any atom is -0.208 e. The SMILES string of the molecule is CC1(C)c2cc(-c3ccc(C4(c5ccccc5)c5ccccc5-c5ccccc54)cc3)ccc2-c2ccc(-c3nc(-c4ccccc4)nc(-c4ccc([Si](C)(C)C)cc4)n3)cc21. The Kier molecular flexibility index (Phi) is 8.75. The second kappa shape index (κ2) is 14.3. The van der Waals surface area contributed by atoms with Gasteiger partial charge >= 0.3 is 0 Å². The molecule has 0 aliphatic heterocycles. The summed E-state index contributed by atoms with van der Waals surface area (Å²) in [6.07, 6.45) is 0. The lowest BCUT2D eigenvalue weighted by Gasteiger charge is -2.34. The Morgan fingerprint density at radius 1 is 0.339 bits per heavy atom. The number of aromatic nitrogens is 3. The molecule has 298 valence electrons. The van der Waals surface area contributed by atoms with Gasteiger partial charge in [0, 0.05) is 22.1 Å². The monoisotopic (exact) mass is 813 g/mol. The van der Waals surface area contributed by atoms with E-state index in [0.717, 1.165) is 16.7 Å². The predicted octanol–water partition coefficient (Wildman–Crippen LogP) is 13.8. The average molecular weight is 814 g/mol. The standard InChI is InChI=1S/C58H47N3Si/c1-57(2)52-36-41(38-24-30-44(31-25-38)58(43-18-10-7-11-19-43)50-22-14-12-20-46(50)47-21-13-15-23-51(47)58)28-34-48(52)49-35-29-42(37-53(49)57)56-60-54(39-16-8-6-9-17-39)59-55(61-56)40-26-32-45(33-27-40)62(3,4)5/h6-37H,1-5H3. The van der Waals surface area contributed by atoms with Crippen LogP contribution in [0, 0.1) is 0 Å². The van der Waals surface area contributed by atoms with Crippen molar-refractivity contribution in [3.8, 4) is 67.5 Å². The molecule has 1 aromatic heterocycles. The molecule has 0 spiro atoms. The number of fused-ring (bicyclic) bond motifs is 6. The highest BCUT2D eigenvalue weighted by Gasteiger charge is 2.46. The van der Waals surface area contributed by atoms with Gasteiger partial charge < -0.3 is 0 Å². The molecule has 0 N–H and O–H groups in total. The minimum atomic E-state index is -1.45. The third-order valence-corrected chi connectivity index (χ3v) is 15.5. The van der Waals surface area contributed by atoms with E-state index in [1.807, 2.05) is 18.2 Å². The molecule has 1 heterocycles. The molecule has 2 aliphatic rings. The van der Waals surface area contributed by atoms with Gasteiger partial charge in [0.05, 0.1) is 13.5 Å². The quantitative estimate of drug-likeness (QED) is 0.150. The molecule has 0 fully saturated rings. The van der Waals surface area contributed by atoms with Crippen molar-refractivity contribution in [2.45, 2.75) is 44.3 Å². The normalized spacial score (nSPS) is 14.1. The molecule has 3 nitrogen and oxygen atoms in total. The van der Waals surface area contributed by atoms with Crippen LogP contribution in [0.25, 0.3) is 67.5 Å². The second-order valence-corrected chi connectivity index (χ2v) is 23.5. The lowest BCUT2D eigenvalue weighted by atomic mass is 9.67. The summed E-state index contributed by atoms with van der Waals surface area (Å²) in [4.78, 5) is 15.3. The molecule has 8 aromatic carbocycles. The zero-order chi connectivity index (χ0) is 42.2. The molecule has 0 amide bonds. The first kappa shape index (κ1) is 37.9. The molecule has 9 aromatic rings. The lowest BCUT2D eigenvalue weighted by Crippen LogP contribution is -2.37. The van der Waals surface area contributed by atoms with Gasteiger partial charge in [0.2, 0.25) is 0 Å². The van der Waals surface area contributed by atoms with E-state index in [1.54, 1.807) is 0 Å². The van der Waals surface area contributed by atoms with Gasteiger partial charge in [-0.25, -0.2) is 15.0 Å². The second-order valence-electron chi connectivity index (χ2n) is 18.4. The Labute approximate surface area is 365 Å². The Morgan fingerprint density at radius 3 is 1.31 bits per heavy atom. The maximum Gasteiger partial charge on any atom is 0.164 e. The Bertz CT molecular complexity index is 3120. The summed E-state index contributed by atoms with van der Waals surface area (Å²) < 4.78 is 0. The van der Waals surface area contributed by atoms with Crippen LogP contribution in [0.2, 0.25) is 19.6 Å². The van der Waals surface area contributed by atoms with Gasteiger partial charge in [0.25, 0.3) is 0 Å². The van der Waals surface area contributed by atoms with Crippen LogP contribution in [0.1, 0.15) is 47.2 Å². The van der Waals surface area contributed by atoms with Gasteiger partial charge in [0.15, 0.2) is 17.5 Å². The highest BCUT2D eigenvalue weighted by molar-refractivity contribution is 6.88. The molecule has 2 aliphatic carbocycles. The van der Waals surface area contributed by atoms with Crippen LogP contribution >= 0.6 is 0 Å². The van der Waals surface area contributed by atoms with E-state index in [4.69, 9.17) is 15.0 Å². The van der Waals surface area contributed by atoms with E-state index in [0.29, 0.717) is 17.5 Å². The van der Waals surface area contributed by atoms with Crippen molar-refractivity contribution < 1.29 is 0 Å². The van der Waals surface area contributed by atoms with Gasteiger partial charge in [-0.05, 0) is 78.9 Å². The lowest BCUT2D eigenvalue weighted by molar-refractivity contribution is 0.661. The molecular formula is C58H47N3Si. The topological polar surface area (TPSA) is 38.7 Å². The van der Waals surface area contributed by atoms with Gasteiger partial charge in [-0.1, -0.05) is 221 Å². The largest absolute Gasteiger partial charge is 0.208 e. The Hall–Kier alpha value is -7.01. The fraction of sp³-hybridized carbons (Fsp3) is 0.121. The summed E-state index contributed by atoms with van der Waals surface area (Å²) in [6, 6.07) is 71.1. The highest BCUT2D eigenvalue weighted by atomic mass is 28.3. The number of nitrogens with zero attached hydrogens (tertiary/aromatic N) is 3. The first-order valence-electron chi connectivity index (χ1n) is 21.7. The van der Waals surface area contributed by atoms with E-state index in [2.05, 4.69) is 209 Å². The van der Waals surface area contributed by atoms with Gasteiger partial charge in [0.1, 0.15) is 0 Å². The first-order chi connectivity index (χ1) is 30.1. The Morgan fingerprint density at radius 2 is 0.742 bits per heavy atom. The number of benzene rings is 8. The van der Waals surface area contributed by atoms with Crippen LogP contribution in [-0.2, 0) is 10.8 Å². The summed E-state index contributed by atoms with van der Waals surface area (Å²) in [5.41, 5.74) is 17.7. The molecule has 0 saturated carbocycles. The van der Waals surface area contributed by atoms with Gasteiger partial charge in [-0.3, -0.25) is 0 Å². The van der Waals surface area contributed by atoms with Gasteiger partial charge in [-0.2, -0.15) is 0 Å². The fourth-order valence-corrected chi connectivity index (χ4v) is 11.3. The molecular weight excluding hydrogens is 767 g/mol. The van der Waals surface area contributed by atoms with E-state index in [-0.39, 0.29) is 5.41 Å². The van der Waals surface area contributed by atoms with Crippen molar-refractivity contribution in [1.82, 2.24) is 15.0 Å². The zero-order valence-electron chi connectivity index (χ0n) is 35.8. The van der Waals surface area contributed by atoms with Crippen molar-refractivity contribution in [2.24, 2.45) is 0 Å². The van der Waals surface area contributed by atoms with E-state index in [9.17, 15) is 0 Å².